The molecule has 2 rings (SSSR count). The standard InChI is InChI=1S/C20H22FN3O2/c1-13(2)17-6-4-5-7-18(17)22-19(25)12-14(3)23-24-20(26)15-8-10-16(21)11-9-15/h4-11,13H,12H2,1-3H3,(H,22,25)(H,24,26)/b23-14+. The lowest BCUT2D eigenvalue weighted by atomic mass is 10.0. The van der Waals surface area contributed by atoms with Crippen LogP contribution < -0.4 is 10.7 Å². The molecule has 0 saturated heterocycles. The second kappa shape index (κ2) is 8.89. The summed E-state index contributed by atoms with van der Waals surface area (Å²) in [5, 5.41) is 6.80. The maximum Gasteiger partial charge on any atom is 0.271 e. The average molecular weight is 355 g/mol. The Morgan fingerprint density at radius 2 is 1.73 bits per heavy atom. The molecule has 0 atom stereocenters. The van der Waals surface area contributed by atoms with Gasteiger partial charge in [0.05, 0.1) is 6.42 Å². The summed E-state index contributed by atoms with van der Waals surface area (Å²) in [6, 6.07) is 12.8. The van der Waals surface area contributed by atoms with Gasteiger partial charge in [-0.1, -0.05) is 32.0 Å². The van der Waals surface area contributed by atoms with Crippen LogP contribution in [-0.4, -0.2) is 17.5 Å². The predicted octanol–water partition coefficient (Wildman–Crippen LogP) is 4.08. The lowest BCUT2D eigenvalue weighted by Crippen LogP contribution is -2.21. The van der Waals surface area contributed by atoms with E-state index in [1.807, 2.05) is 24.3 Å². The lowest BCUT2D eigenvalue weighted by Gasteiger charge is -2.13. The normalized spacial score (nSPS) is 11.3. The first-order valence-electron chi connectivity index (χ1n) is 8.34. The van der Waals surface area contributed by atoms with E-state index in [9.17, 15) is 14.0 Å². The molecule has 5 nitrogen and oxygen atoms in total. The van der Waals surface area contributed by atoms with Crippen LogP contribution in [0.2, 0.25) is 0 Å². The number of hydrogen-bond acceptors (Lipinski definition) is 3. The monoisotopic (exact) mass is 355 g/mol. The van der Waals surface area contributed by atoms with Crippen LogP contribution in [0, 0.1) is 5.82 Å². The molecule has 0 heterocycles. The number of anilines is 1. The second-order valence-corrected chi connectivity index (χ2v) is 6.26. The summed E-state index contributed by atoms with van der Waals surface area (Å²) in [5.74, 6) is -0.805. The zero-order valence-corrected chi connectivity index (χ0v) is 15.0. The fraction of sp³-hybridized carbons (Fsp3) is 0.250. The number of hydrazone groups is 1. The van der Waals surface area contributed by atoms with E-state index in [0.717, 1.165) is 11.3 Å². The number of rotatable bonds is 6. The van der Waals surface area contributed by atoms with Crippen LogP contribution in [0.3, 0.4) is 0 Å². The zero-order valence-electron chi connectivity index (χ0n) is 15.0. The molecule has 2 N–H and O–H groups in total. The summed E-state index contributed by atoms with van der Waals surface area (Å²) in [6.45, 7) is 5.77. The van der Waals surface area contributed by atoms with E-state index in [0.29, 0.717) is 11.3 Å². The van der Waals surface area contributed by atoms with Crippen molar-refractivity contribution >= 4 is 23.2 Å². The molecule has 0 spiro atoms. The molecule has 0 bridgehead atoms. The minimum atomic E-state index is -0.463. The minimum absolute atomic E-state index is 0.0517. The molecule has 2 aromatic carbocycles. The number of carbonyl (C=O) groups excluding carboxylic acids is 2. The number of halogens is 1. The molecular formula is C20H22FN3O2. The number of amides is 2. The summed E-state index contributed by atoms with van der Waals surface area (Å²) >= 11 is 0. The third-order valence-electron chi connectivity index (χ3n) is 3.73. The van der Waals surface area contributed by atoms with Crippen molar-refractivity contribution in [3.63, 3.8) is 0 Å². The van der Waals surface area contributed by atoms with Crippen molar-refractivity contribution < 1.29 is 14.0 Å². The molecule has 0 radical (unpaired) electrons. The molecule has 26 heavy (non-hydrogen) atoms. The fourth-order valence-electron chi connectivity index (χ4n) is 2.39. The Balaban J connectivity index is 1.93. The van der Waals surface area contributed by atoms with Gasteiger partial charge in [-0.25, -0.2) is 9.82 Å². The van der Waals surface area contributed by atoms with Crippen LogP contribution in [0.1, 0.15) is 49.0 Å². The van der Waals surface area contributed by atoms with Crippen molar-refractivity contribution in [2.24, 2.45) is 5.10 Å². The fourth-order valence-corrected chi connectivity index (χ4v) is 2.39. The average Bonchev–Trinajstić information content (AvgIpc) is 2.60. The molecule has 0 aromatic heterocycles. The number of benzene rings is 2. The van der Waals surface area contributed by atoms with E-state index >= 15 is 0 Å². The molecule has 2 amide bonds. The van der Waals surface area contributed by atoms with Gasteiger partial charge in [0.25, 0.3) is 5.91 Å². The van der Waals surface area contributed by atoms with Crippen molar-refractivity contribution in [3.05, 3.63) is 65.5 Å². The molecule has 0 aliphatic rings. The van der Waals surface area contributed by atoms with Gasteiger partial charge in [-0.05, 0) is 48.7 Å². The second-order valence-electron chi connectivity index (χ2n) is 6.26. The van der Waals surface area contributed by atoms with Crippen molar-refractivity contribution in [1.82, 2.24) is 5.43 Å². The number of carbonyl (C=O) groups is 2. The molecule has 0 aliphatic heterocycles. The predicted molar refractivity (Wildman–Crippen MR) is 101 cm³/mol. The van der Waals surface area contributed by atoms with Crippen LogP contribution >= 0.6 is 0 Å². The van der Waals surface area contributed by atoms with Gasteiger partial charge in [0.15, 0.2) is 0 Å². The number of nitrogens with one attached hydrogen (secondary N) is 2. The summed E-state index contributed by atoms with van der Waals surface area (Å²) in [7, 11) is 0. The molecule has 0 saturated carbocycles. The van der Waals surface area contributed by atoms with Crippen LogP contribution in [0.5, 0.6) is 0 Å². The number of nitrogens with zero attached hydrogens (tertiary/aromatic N) is 1. The van der Waals surface area contributed by atoms with E-state index in [-0.39, 0.29) is 18.2 Å². The Bertz CT molecular complexity index is 814. The van der Waals surface area contributed by atoms with Crippen molar-refractivity contribution in [1.29, 1.82) is 0 Å². The van der Waals surface area contributed by atoms with Crippen molar-refractivity contribution in [3.8, 4) is 0 Å². The van der Waals surface area contributed by atoms with E-state index in [1.54, 1.807) is 6.92 Å². The van der Waals surface area contributed by atoms with Crippen molar-refractivity contribution in [2.75, 3.05) is 5.32 Å². The van der Waals surface area contributed by atoms with E-state index in [2.05, 4.69) is 29.7 Å². The molecule has 0 fully saturated rings. The first kappa shape index (κ1) is 19.3. The third-order valence-corrected chi connectivity index (χ3v) is 3.73. The molecule has 0 aliphatic carbocycles. The summed E-state index contributed by atoms with van der Waals surface area (Å²) < 4.78 is 12.9. The van der Waals surface area contributed by atoms with Gasteiger partial charge in [-0.2, -0.15) is 5.10 Å². The highest BCUT2D eigenvalue weighted by Gasteiger charge is 2.10. The Hall–Kier alpha value is -3.02. The van der Waals surface area contributed by atoms with Gasteiger partial charge in [-0.3, -0.25) is 9.59 Å². The van der Waals surface area contributed by atoms with Gasteiger partial charge >= 0.3 is 0 Å². The Labute approximate surface area is 152 Å². The summed E-state index contributed by atoms with van der Waals surface area (Å²) in [4.78, 5) is 24.1. The van der Waals surface area contributed by atoms with Gasteiger partial charge in [0.2, 0.25) is 5.91 Å². The van der Waals surface area contributed by atoms with Gasteiger partial charge in [0.1, 0.15) is 5.82 Å². The quantitative estimate of drug-likeness (QED) is 0.605. The number of para-hydroxylation sites is 1. The molecule has 2 aromatic rings. The Kier molecular flexibility index (Phi) is 6.60. The van der Waals surface area contributed by atoms with Gasteiger partial charge in [-0.15, -0.1) is 0 Å². The Morgan fingerprint density at radius 1 is 1.08 bits per heavy atom. The largest absolute Gasteiger partial charge is 0.325 e. The summed E-state index contributed by atoms with van der Waals surface area (Å²) in [5.41, 5.74) is 4.94. The zero-order chi connectivity index (χ0) is 19.1. The maximum atomic E-state index is 12.9. The highest BCUT2D eigenvalue weighted by molar-refractivity contribution is 6.06. The highest BCUT2D eigenvalue weighted by atomic mass is 19.1. The van der Waals surface area contributed by atoms with Crippen LogP contribution in [0.25, 0.3) is 0 Å². The smallest absolute Gasteiger partial charge is 0.271 e. The third kappa shape index (κ3) is 5.51. The van der Waals surface area contributed by atoms with E-state index in [1.165, 1.54) is 24.3 Å². The molecular weight excluding hydrogens is 333 g/mol. The highest BCUT2D eigenvalue weighted by Crippen LogP contribution is 2.23. The van der Waals surface area contributed by atoms with Crippen LogP contribution in [0.15, 0.2) is 53.6 Å². The molecule has 6 heteroatoms. The van der Waals surface area contributed by atoms with E-state index < -0.39 is 11.7 Å². The lowest BCUT2D eigenvalue weighted by molar-refractivity contribution is -0.115. The first-order valence-corrected chi connectivity index (χ1v) is 8.34. The van der Waals surface area contributed by atoms with Gasteiger partial charge < -0.3 is 5.32 Å². The number of hydrogen-bond donors (Lipinski definition) is 2. The van der Waals surface area contributed by atoms with E-state index in [4.69, 9.17) is 0 Å². The van der Waals surface area contributed by atoms with Crippen LogP contribution in [0.4, 0.5) is 10.1 Å². The topological polar surface area (TPSA) is 70.6 Å². The molecule has 0 unspecified atom stereocenters. The Morgan fingerprint density at radius 3 is 2.38 bits per heavy atom. The SMILES string of the molecule is C/C(CC(=O)Nc1ccccc1C(C)C)=N\NC(=O)c1ccc(F)cc1. The van der Waals surface area contributed by atoms with Crippen LogP contribution in [-0.2, 0) is 4.79 Å². The summed E-state index contributed by atoms with van der Waals surface area (Å²) in [6.07, 6.45) is 0.0517. The van der Waals surface area contributed by atoms with Gasteiger partial charge in [0, 0.05) is 17.0 Å². The maximum absolute atomic E-state index is 12.9. The first-order chi connectivity index (χ1) is 12.4. The van der Waals surface area contributed by atoms with Crippen molar-refractivity contribution in [2.45, 2.75) is 33.1 Å². The minimum Gasteiger partial charge on any atom is -0.325 e. The molecule has 136 valence electrons.